The second-order valence-electron chi connectivity index (χ2n) is 4.09. The summed E-state index contributed by atoms with van der Waals surface area (Å²) in [6.07, 6.45) is 8.69. The minimum absolute atomic E-state index is 0.0945. The first kappa shape index (κ1) is 13.5. The smallest absolute Gasteiger partial charge is 0.330 e. The Morgan fingerprint density at radius 2 is 2.29 bits per heavy atom. The van der Waals surface area contributed by atoms with Crippen LogP contribution in [0.1, 0.15) is 25.7 Å². The Kier molecular flexibility index (Phi) is 5.46. The molecule has 0 aliphatic carbocycles. The molecule has 94 valence electrons. The van der Waals surface area contributed by atoms with E-state index in [1.54, 1.807) is 12.2 Å². The molecule has 1 rings (SSSR count). The van der Waals surface area contributed by atoms with Crippen LogP contribution in [0.25, 0.3) is 0 Å². The van der Waals surface area contributed by atoms with Crippen molar-refractivity contribution >= 4 is 11.9 Å². The maximum absolute atomic E-state index is 11.2. The van der Waals surface area contributed by atoms with E-state index < -0.39 is 0 Å². The van der Waals surface area contributed by atoms with Crippen LogP contribution in [0.4, 0.5) is 0 Å². The average molecular weight is 237 g/mol. The summed E-state index contributed by atoms with van der Waals surface area (Å²) in [6, 6.07) is 0.146. The van der Waals surface area contributed by atoms with Crippen molar-refractivity contribution in [1.29, 1.82) is 0 Å². The molecule has 0 bridgehead atoms. The van der Waals surface area contributed by atoms with Gasteiger partial charge in [-0.2, -0.15) is 0 Å². The summed E-state index contributed by atoms with van der Waals surface area (Å²) >= 11 is 0. The largest absolute Gasteiger partial charge is 0.466 e. The number of ether oxygens (including phenoxy) is 1. The van der Waals surface area contributed by atoms with Gasteiger partial charge >= 0.3 is 5.97 Å². The quantitative estimate of drug-likeness (QED) is 0.240. The van der Waals surface area contributed by atoms with Crippen molar-refractivity contribution in [2.24, 2.45) is 5.92 Å². The van der Waals surface area contributed by atoms with Crippen molar-refractivity contribution in [3.05, 3.63) is 24.8 Å². The lowest BCUT2D eigenvalue weighted by molar-refractivity contribution is -0.135. The summed E-state index contributed by atoms with van der Waals surface area (Å²) in [5.74, 6) is -0.104. The fourth-order valence-electron chi connectivity index (χ4n) is 1.85. The highest BCUT2D eigenvalue weighted by Crippen LogP contribution is 2.22. The standard InChI is InChI=1S/C13H19NO3/c1-3-11-10(13(16)14-11)8-6-4-5-7-9-12(15)17-2/h3,7,9-11H,1,4-6,8H2,2H3,(H,14,16)/b9-7+/t10-,11+/m1/s1. The number of carbonyl (C=O) groups is 2. The molecule has 0 aromatic heterocycles. The normalized spacial score (nSPS) is 23.0. The zero-order chi connectivity index (χ0) is 12.7. The van der Waals surface area contributed by atoms with E-state index in [2.05, 4.69) is 16.6 Å². The number of hydrogen-bond donors (Lipinski definition) is 1. The first-order valence-corrected chi connectivity index (χ1v) is 5.86. The summed E-state index contributed by atoms with van der Waals surface area (Å²) in [5.41, 5.74) is 0. The Bertz CT molecular complexity index is 323. The molecule has 1 saturated heterocycles. The van der Waals surface area contributed by atoms with Gasteiger partial charge < -0.3 is 10.1 Å². The van der Waals surface area contributed by atoms with Crippen LogP contribution in [-0.4, -0.2) is 25.0 Å². The van der Waals surface area contributed by atoms with E-state index in [1.165, 1.54) is 13.2 Å². The van der Waals surface area contributed by atoms with Gasteiger partial charge in [0.05, 0.1) is 19.1 Å². The third-order valence-corrected chi connectivity index (χ3v) is 2.92. The van der Waals surface area contributed by atoms with E-state index in [-0.39, 0.29) is 23.8 Å². The van der Waals surface area contributed by atoms with E-state index in [9.17, 15) is 9.59 Å². The zero-order valence-electron chi connectivity index (χ0n) is 10.1. The minimum atomic E-state index is -0.324. The Morgan fingerprint density at radius 1 is 1.53 bits per heavy atom. The van der Waals surface area contributed by atoms with Crippen molar-refractivity contribution in [3.8, 4) is 0 Å². The van der Waals surface area contributed by atoms with Crippen molar-refractivity contribution in [2.45, 2.75) is 31.7 Å². The van der Waals surface area contributed by atoms with Gasteiger partial charge in [-0.1, -0.05) is 18.6 Å². The number of amides is 1. The molecular formula is C13H19NO3. The van der Waals surface area contributed by atoms with Gasteiger partial charge in [0.2, 0.25) is 5.91 Å². The topological polar surface area (TPSA) is 55.4 Å². The molecule has 2 atom stereocenters. The highest BCUT2D eigenvalue weighted by molar-refractivity contribution is 5.86. The molecule has 1 aliphatic rings. The number of esters is 1. The number of hydrogen-bond acceptors (Lipinski definition) is 3. The maximum Gasteiger partial charge on any atom is 0.330 e. The number of methoxy groups -OCH3 is 1. The summed E-state index contributed by atoms with van der Waals surface area (Å²) in [6.45, 7) is 3.68. The Balaban J connectivity index is 2.08. The number of rotatable bonds is 7. The van der Waals surface area contributed by atoms with Crippen LogP contribution in [0.15, 0.2) is 24.8 Å². The summed E-state index contributed by atoms with van der Waals surface area (Å²) in [7, 11) is 1.36. The molecule has 1 heterocycles. The molecule has 0 saturated carbocycles. The van der Waals surface area contributed by atoms with Crippen LogP contribution >= 0.6 is 0 Å². The molecule has 0 unspecified atom stereocenters. The molecule has 4 heteroatoms. The summed E-state index contributed by atoms with van der Waals surface area (Å²) < 4.78 is 4.47. The van der Waals surface area contributed by atoms with Crippen molar-refractivity contribution < 1.29 is 14.3 Å². The summed E-state index contributed by atoms with van der Waals surface area (Å²) in [4.78, 5) is 22.0. The van der Waals surface area contributed by atoms with Gasteiger partial charge in [0.1, 0.15) is 0 Å². The Hall–Kier alpha value is -1.58. The first-order chi connectivity index (χ1) is 8.19. The van der Waals surface area contributed by atoms with Crippen LogP contribution in [0.5, 0.6) is 0 Å². The van der Waals surface area contributed by atoms with E-state index in [0.717, 1.165) is 25.7 Å². The van der Waals surface area contributed by atoms with Crippen molar-refractivity contribution in [1.82, 2.24) is 5.32 Å². The number of nitrogens with one attached hydrogen (secondary N) is 1. The molecule has 0 radical (unpaired) electrons. The van der Waals surface area contributed by atoms with Crippen molar-refractivity contribution in [2.75, 3.05) is 7.11 Å². The van der Waals surface area contributed by atoms with E-state index in [1.807, 2.05) is 0 Å². The van der Waals surface area contributed by atoms with Gasteiger partial charge in [0.25, 0.3) is 0 Å². The van der Waals surface area contributed by atoms with Gasteiger partial charge in [0.15, 0.2) is 0 Å². The summed E-state index contributed by atoms with van der Waals surface area (Å²) in [5, 5.41) is 2.78. The molecule has 1 fully saturated rings. The predicted octanol–water partition coefficient (Wildman–Crippen LogP) is 1.58. The number of β-lactam (4-membered cyclic amide) rings is 1. The van der Waals surface area contributed by atoms with Gasteiger partial charge in [-0.15, -0.1) is 6.58 Å². The number of carbonyl (C=O) groups excluding carboxylic acids is 2. The average Bonchev–Trinajstić information content (AvgIpc) is 2.33. The lowest BCUT2D eigenvalue weighted by Crippen LogP contribution is -2.56. The molecule has 1 N–H and O–H groups in total. The molecule has 0 spiro atoms. The molecule has 17 heavy (non-hydrogen) atoms. The molecule has 0 aromatic rings. The van der Waals surface area contributed by atoms with Crippen LogP contribution in [-0.2, 0) is 14.3 Å². The van der Waals surface area contributed by atoms with E-state index in [4.69, 9.17) is 0 Å². The molecule has 1 aliphatic heterocycles. The van der Waals surface area contributed by atoms with Crippen LogP contribution in [0.2, 0.25) is 0 Å². The third kappa shape index (κ3) is 4.06. The fraction of sp³-hybridized carbons (Fsp3) is 0.538. The van der Waals surface area contributed by atoms with Gasteiger partial charge in [0, 0.05) is 6.08 Å². The van der Waals surface area contributed by atoms with Gasteiger partial charge in [-0.05, 0) is 19.3 Å². The number of allylic oxidation sites excluding steroid dienone is 1. The third-order valence-electron chi connectivity index (χ3n) is 2.92. The zero-order valence-corrected chi connectivity index (χ0v) is 10.1. The van der Waals surface area contributed by atoms with E-state index in [0.29, 0.717) is 0 Å². The highest BCUT2D eigenvalue weighted by atomic mass is 16.5. The van der Waals surface area contributed by atoms with Gasteiger partial charge in [-0.3, -0.25) is 4.79 Å². The van der Waals surface area contributed by atoms with Crippen LogP contribution in [0.3, 0.4) is 0 Å². The van der Waals surface area contributed by atoms with Gasteiger partial charge in [-0.25, -0.2) is 4.79 Å². The molecular weight excluding hydrogens is 218 g/mol. The molecule has 4 nitrogen and oxygen atoms in total. The van der Waals surface area contributed by atoms with Crippen LogP contribution in [0, 0.1) is 5.92 Å². The lowest BCUT2D eigenvalue weighted by Gasteiger charge is -2.34. The Labute approximate surface area is 102 Å². The fourth-order valence-corrected chi connectivity index (χ4v) is 1.85. The van der Waals surface area contributed by atoms with Crippen molar-refractivity contribution in [3.63, 3.8) is 0 Å². The molecule has 1 amide bonds. The maximum atomic E-state index is 11.2. The van der Waals surface area contributed by atoms with Crippen LogP contribution < -0.4 is 5.32 Å². The number of unbranched alkanes of at least 4 members (excludes halogenated alkanes) is 2. The SMILES string of the molecule is C=C[C@@H]1NC(=O)[C@@H]1CCCC/C=C/C(=O)OC. The highest BCUT2D eigenvalue weighted by Gasteiger charge is 2.35. The second-order valence-corrected chi connectivity index (χ2v) is 4.09. The lowest BCUT2D eigenvalue weighted by atomic mass is 9.86. The first-order valence-electron chi connectivity index (χ1n) is 5.86. The second kappa shape index (κ2) is 6.89. The van der Waals surface area contributed by atoms with E-state index >= 15 is 0 Å². The monoisotopic (exact) mass is 237 g/mol. The molecule has 0 aromatic carbocycles. The minimum Gasteiger partial charge on any atom is -0.466 e. The Morgan fingerprint density at radius 3 is 2.88 bits per heavy atom. The predicted molar refractivity (Wildman–Crippen MR) is 65.2 cm³/mol.